The lowest BCUT2D eigenvalue weighted by Gasteiger charge is -2.27. The van der Waals surface area contributed by atoms with Gasteiger partial charge in [0.2, 0.25) is 5.91 Å². The van der Waals surface area contributed by atoms with Crippen molar-refractivity contribution >= 4 is 28.6 Å². The first kappa shape index (κ1) is 14.4. The summed E-state index contributed by atoms with van der Waals surface area (Å²) < 4.78 is 5.88. The SMILES string of the molecule is O=C(CC1OCCc2sccc21)N(Cc1ccsc1)C1CC1. The molecular formula is C17H19NO2S2. The van der Waals surface area contributed by atoms with Crippen LogP contribution in [-0.4, -0.2) is 23.5 Å². The summed E-state index contributed by atoms with van der Waals surface area (Å²) in [5.41, 5.74) is 2.47. The van der Waals surface area contributed by atoms with Crippen LogP contribution >= 0.6 is 22.7 Å². The topological polar surface area (TPSA) is 29.5 Å². The van der Waals surface area contributed by atoms with Crippen molar-refractivity contribution in [2.75, 3.05) is 6.61 Å². The quantitative estimate of drug-likeness (QED) is 0.827. The summed E-state index contributed by atoms with van der Waals surface area (Å²) in [6.07, 6.45) is 3.70. The minimum absolute atomic E-state index is 0.0498. The highest BCUT2D eigenvalue weighted by molar-refractivity contribution is 7.10. The second kappa shape index (κ2) is 6.14. The highest BCUT2D eigenvalue weighted by Crippen LogP contribution is 2.35. The molecule has 1 fully saturated rings. The van der Waals surface area contributed by atoms with E-state index in [1.54, 1.807) is 22.7 Å². The first-order valence-electron chi connectivity index (χ1n) is 7.79. The molecule has 5 heteroatoms. The van der Waals surface area contributed by atoms with Gasteiger partial charge in [0.05, 0.1) is 19.1 Å². The summed E-state index contributed by atoms with van der Waals surface area (Å²) in [4.78, 5) is 16.3. The number of nitrogens with zero attached hydrogens (tertiary/aromatic N) is 1. The summed E-state index contributed by atoms with van der Waals surface area (Å²) in [5.74, 6) is 0.234. The van der Waals surface area contributed by atoms with Gasteiger partial charge in [-0.3, -0.25) is 4.79 Å². The summed E-state index contributed by atoms with van der Waals surface area (Å²) >= 11 is 3.48. The van der Waals surface area contributed by atoms with Crippen LogP contribution in [0, 0.1) is 0 Å². The van der Waals surface area contributed by atoms with Crippen molar-refractivity contribution in [3.63, 3.8) is 0 Å². The summed E-state index contributed by atoms with van der Waals surface area (Å²) in [6, 6.07) is 4.68. The van der Waals surface area contributed by atoms with Crippen LogP contribution in [0.1, 0.15) is 41.4 Å². The van der Waals surface area contributed by atoms with Gasteiger partial charge < -0.3 is 9.64 Å². The van der Waals surface area contributed by atoms with Gasteiger partial charge in [0.15, 0.2) is 0 Å². The van der Waals surface area contributed by atoms with Crippen LogP contribution < -0.4 is 0 Å². The maximum absolute atomic E-state index is 12.8. The Morgan fingerprint density at radius 2 is 2.23 bits per heavy atom. The zero-order chi connectivity index (χ0) is 14.9. The van der Waals surface area contributed by atoms with Crippen LogP contribution in [0.5, 0.6) is 0 Å². The Morgan fingerprint density at radius 1 is 1.32 bits per heavy atom. The largest absolute Gasteiger partial charge is 0.373 e. The molecule has 2 aliphatic rings. The van der Waals surface area contributed by atoms with E-state index >= 15 is 0 Å². The van der Waals surface area contributed by atoms with Crippen LogP contribution in [0.2, 0.25) is 0 Å². The van der Waals surface area contributed by atoms with Crippen LogP contribution in [0.3, 0.4) is 0 Å². The number of ether oxygens (including phenoxy) is 1. The maximum Gasteiger partial charge on any atom is 0.226 e. The Morgan fingerprint density at radius 3 is 3.00 bits per heavy atom. The molecule has 4 rings (SSSR count). The van der Waals surface area contributed by atoms with E-state index in [0.717, 1.165) is 32.4 Å². The molecule has 1 aliphatic carbocycles. The number of rotatable bonds is 5. The van der Waals surface area contributed by atoms with Crippen LogP contribution in [0.25, 0.3) is 0 Å². The van der Waals surface area contributed by atoms with Gasteiger partial charge in [-0.25, -0.2) is 0 Å². The molecule has 3 nitrogen and oxygen atoms in total. The highest BCUT2D eigenvalue weighted by Gasteiger charge is 2.34. The van der Waals surface area contributed by atoms with Gasteiger partial charge in [0.25, 0.3) is 0 Å². The molecule has 116 valence electrons. The Kier molecular flexibility index (Phi) is 4.03. The normalized spacial score (nSPS) is 20.6. The minimum Gasteiger partial charge on any atom is -0.373 e. The van der Waals surface area contributed by atoms with E-state index in [2.05, 4.69) is 33.2 Å². The first-order chi connectivity index (χ1) is 10.8. The van der Waals surface area contributed by atoms with Crippen LogP contribution in [0.4, 0.5) is 0 Å². The van der Waals surface area contributed by atoms with Gasteiger partial charge in [-0.2, -0.15) is 11.3 Å². The third-order valence-electron chi connectivity index (χ3n) is 4.38. The molecule has 0 N–H and O–H groups in total. The van der Waals surface area contributed by atoms with Crippen molar-refractivity contribution < 1.29 is 9.53 Å². The molecule has 1 unspecified atom stereocenters. The van der Waals surface area contributed by atoms with Crippen LogP contribution in [-0.2, 0) is 22.5 Å². The monoisotopic (exact) mass is 333 g/mol. The lowest BCUT2D eigenvalue weighted by Crippen LogP contribution is -2.34. The second-order valence-electron chi connectivity index (χ2n) is 6.00. The molecule has 0 spiro atoms. The zero-order valence-electron chi connectivity index (χ0n) is 12.4. The Labute approximate surface area is 138 Å². The molecule has 2 aromatic rings. The predicted molar refractivity (Wildman–Crippen MR) is 89.2 cm³/mol. The fourth-order valence-corrected chi connectivity index (χ4v) is 4.63. The lowest BCUT2D eigenvalue weighted by atomic mass is 10.0. The van der Waals surface area contributed by atoms with E-state index in [0.29, 0.717) is 12.5 Å². The van der Waals surface area contributed by atoms with Gasteiger partial charge >= 0.3 is 0 Å². The molecule has 1 saturated carbocycles. The standard InChI is InChI=1S/C17H19NO2S2/c19-17(9-15-14-5-8-22-16(14)3-6-20-15)18(13-1-2-13)10-12-4-7-21-11-12/h4-5,7-8,11,13,15H,1-3,6,9-10H2. The van der Waals surface area contributed by atoms with Crippen molar-refractivity contribution in [3.05, 3.63) is 44.3 Å². The smallest absolute Gasteiger partial charge is 0.226 e. The number of amides is 1. The summed E-state index contributed by atoms with van der Waals surface area (Å²) in [7, 11) is 0. The predicted octanol–water partition coefficient (Wildman–Crippen LogP) is 4.00. The van der Waals surface area contributed by atoms with Gasteiger partial charge in [-0.05, 0) is 52.2 Å². The first-order valence-corrected chi connectivity index (χ1v) is 9.62. The van der Waals surface area contributed by atoms with E-state index in [1.807, 2.05) is 0 Å². The molecule has 1 atom stereocenters. The number of hydrogen-bond acceptors (Lipinski definition) is 4. The van der Waals surface area contributed by atoms with E-state index in [9.17, 15) is 4.79 Å². The van der Waals surface area contributed by atoms with Gasteiger partial charge in [0, 0.05) is 23.9 Å². The highest BCUT2D eigenvalue weighted by atomic mass is 32.1. The Bertz CT molecular complexity index is 645. The van der Waals surface area contributed by atoms with Crippen molar-refractivity contribution in [2.24, 2.45) is 0 Å². The number of thiophene rings is 2. The maximum atomic E-state index is 12.8. The molecule has 3 heterocycles. The zero-order valence-corrected chi connectivity index (χ0v) is 14.0. The van der Waals surface area contributed by atoms with Gasteiger partial charge in [-0.1, -0.05) is 0 Å². The Hall–Kier alpha value is -1.17. The van der Waals surface area contributed by atoms with Crippen molar-refractivity contribution in [1.29, 1.82) is 0 Å². The Balaban J connectivity index is 1.46. The molecule has 0 saturated heterocycles. The molecule has 1 aliphatic heterocycles. The molecule has 0 radical (unpaired) electrons. The average Bonchev–Trinajstić information content (AvgIpc) is 3.02. The molecule has 0 bridgehead atoms. The van der Waals surface area contributed by atoms with E-state index in [-0.39, 0.29) is 12.0 Å². The van der Waals surface area contributed by atoms with Crippen molar-refractivity contribution in [3.8, 4) is 0 Å². The number of hydrogen-bond donors (Lipinski definition) is 0. The third-order valence-corrected chi connectivity index (χ3v) is 6.10. The molecule has 22 heavy (non-hydrogen) atoms. The molecule has 2 aromatic heterocycles. The molecule has 0 aromatic carbocycles. The van der Waals surface area contributed by atoms with Crippen molar-refractivity contribution in [1.82, 2.24) is 4.90 Å². The minimum atomic E-state index is -0.0498. The van der Waals surface area contributed by atoms with Crippen LogP contribution in [0.15, 0.2) is 28.3 Å². The number of fused-ring (bicyclic) bond motifs is 1. The molecule has 1 amide bonds. The van der Waals surface area contributed by atoms with E-state index in [1.165, 1.54) is 16.0 Å². The molecular weight excluding hydrogens is 314 g/mol. The second-order valence-corrected chi connectivity index (χ2v) is 7.78. The van der Waals surface area contributed by atoms with Crippen molar-refractivity contribution in [2.45, 2.75) is 44.4 Å². The van der Waals surface area contributed by atoms with E-state index < -0.39 is 0 Å². The lowest BCUT2D eigenvalue weighted by molar-refractivity contribution is -0.135. The average molecular weight is 333 g/mol. The number of carbonyl (C=O) groups is 1. The summed E-state index contributed by atoms with van der Waals surface area (Å²) in [5, 5.41) is 6.32. The summed E-state index contributed by atoms with van der Waals surface area (Å²) in [6.45, 7) is 1.48. The van der Waals surface area contributed by atoms with Gasteiger partial charge in [0.1, 0.15) is 0 Å². The number of carbonyl (C=O) groups excluding carboxylic acids is 1. The third kappa shape index (κ3) is 2.98. The van der Waals surface area contributed by atoms with Gasteiger partial charge in [-0.15, -0.1) is 11.3 Å². The van der Waals surface area contributed by atoms with E-state index in [4.69, 9.17) is 4.74 Å². The fourth-order valence-electron chi connectivity index (χ4n) is 3.06. The fraction of sp³-hybridized carbons (Fsp3) is 0.471.